The summed E-state index contributed by atoms with van der Waals surface area (Å²) in [6.07, 6.45) is 18.0. The van der Waals surface area contributed by atoms with E-state index in [1.54, 1.807) is 0 Å². The summed E-state index contributed by atoms with van der Waals surface area (Å²) in [5, 5.41) is 0.959. The molecule has 0 radical (unpaired) electrons. The van der Waals surface area contributed by atoms with E-state index in [4.69, 9.17) is 9.47 Å². The molecule has 1 aliphatic carbocycles. The highest BCUT2D eigenvalue weighted by Crippen LogP contribution is 2.09. The van der Waals surface area contributed by atoms with Crippen LogP contribution >= 0.6 is 15.9 Å². The van der Waals surface area contributed by atoms with Crippen molar-refractivity contribution < 1.29 is 9.47 Å². The average Bonchev–Trinajstić information content (AvgIpc) is 2.49. The molecule has 3 heteroatoms. The van der Waals surface area contributed by atoms with Gasteiger partial charge in [0.15, 0.2) is 0 Å². The van der Waals surface area contributed by atoms with Gasteiger partial charge in [-0.3, -0.25) is 0 Å². The third-order valence-electron chi connectivity index (χ3n) is 3.02. The van der Waals surface area contributed by atoms with Gasteiger partial charge in [0.2, 0.25) is 0 Å². The number of hydrogen-bond donors (Lipinski definition) is 0. The van der Waals surface area contributed by atoms with Crippen molar-refractivity contribution in [2.45, 2.75) is 32.8 Å². The molecule has 0 heterocycles. The van der Waals surface area contributed by atoms with E-state index in [2.05, 4.69) is 33.8 Å². The fourth-order valence-electron chi connectivity index (χ4n) is 1.74. The highest BCUT2D eigenvalue weighted by atomic mass is 79.9. The van der Waals surface area contributed by atoms with Gasteiger partial charge >= 0.3 is 0 Å². The zero-order valence-corrected chi connectivity index (χ0v) is 15.0. The van der Waals surface area contributed by atoms with Crippen LogP contribution in [0.4, 0.5) is 0 Å². The normalized spacial score (nSPS) is 20.3. The van der Waals surface area contributed by atoms with Gasteiger partial charge in [-0.15, -0.1) is 5.73 Å². The summed E-state index contributed by atoms with van der Waals surface area (Å²) in [4.78, 5) is 0. The minimum Gasteiger partial charge on any atom is -0.494 e. The maximum absolute atomic E-state index is 5.86. The third kappa shape index (κ3) is 8.89. The van der Waals surface area contributed by atoms with Crippen molar-refractivity contribution >= 4 is 15.9 Å². The fourth-order valence-corrected chi connectivity index (χ4v) is 1.97. The molecule has 1 atom stereocenters. The topological polar surface area (TPSA) is 18.5 Å². The van der Waals surface area contributed by atoms with Crippen molar-refractivity contribution in [3.63, 3.8) is 0 Å². The van der Waals surface area contributed by atoms with Crippen molar-refractivity contribution in [2.75, 3.05) is 18.5 Å². The van der Waals surface area contributed by atoms with Crippen molar-refractivity contribution in [1.82, 2.24) is 0 Å². The first-order chi connectivity index (χ1) is 10.8. The molecule has 0 aromatic carbocycles. The molecule has 0 aromatic heterocycles. The monoisotopic (exact) mass is 364 g/mol. The summed E-state index contributed by atoms with van der Waals surface area (Å²) in [5.74, 6) is 0.887. The molecule has 1 aliphatic rings. The lowest BCUT2D eigenvalue weighted by atomic mass is 10.1. The predicted octanol–water partition coefficient (Wildman–Crippen LogP) is 5.25. The van der Waals surface area contributed by atoms with Gasteiger partial charge in [-0.05, 0) is 56.6 Å². The fraction of sp³-hybridized carbons (Fsp3) is 0.421. The molecule has 0 saturated heterocycles. The Morgan fingerprint density at radius 3 is 3.09 bits per heavy atom. The zero-order chi connectivity index (χ0) is 16.0. The number of hydrogen-bond acceptors (Lipinski definition) is 2. The van der Waals surface area contributed by atoms with E-state index < -0.39 is 0 Å². The van der Waals surface area contributed by atoms with E-state index in [9.17, 15) is 0 Å². The predicted molar refractivity (Wildman–Crippen MR) is 97.2 cm³/mol. The van der Waals surface area contributed by atoms with Crippen LogP contribution in [0, 0.1) is 0 Å². The molecule has 1 rings (SSSR count). The highest BCUT2D eigenvalue weighted by Gasteiger charge is 2.01. The first-order valence-electron chi connectivity index (χ1n) is 7.66. The first kappa shape index (κ1) is 18.8. The molecular formula is C19H25BrO2. The maximum Gasteiger partial charge on any atom is 0.114 e. The van der Waals surface area contributed by atoms with Crippen LogP contribution in [-0.2, 0) is 9.47 Å². The quantitative estimate of drug-likeness (QED) is 0.183. The Hall–Kier alpha value is -1.28. The summed E-state index contributed by atoms with van der Waals surface area (Å²) in [6.45, 7) is 5.37. The Balaban J connectivity index is 2.38. The van der Waals surface area contributed by atoms with E-state index >= 15 is 0 Å². The van der Waals surface area contributed by atoms with Gasteiger partial charge < -0.3 is 9.47 Å². The molecule has 0 spiro atoms. The molecule has 0 aliphatic heterocycles. The zero-order valence-electron chi connectivity index (χ0n) is 13.4. The molecule has 120 valence electrons. The van der Waals surface area contributed by atoms with Crippen LogP contribution < -0.4 is 0 Å². The first-order valence-corrected chi connectivity index (χ1v) is 8.79. The van der Waals surface area contributed by atoms with Gasteiger partial charge in [0.05, 0.1) is 19.3 Å². The molecular weight excluding hydrogens is 340 g/mol. The summed E-state index contributed by atoms with van der Waals surface area (Å²) < 4.78 is 11.5. The lowest BCUT2D eigenvalue weighted by Gasteiger charge is -2.11. The minimum absolute atomic E-state index is 0.0459. The molecule has 2 nitrogen and oxygen atoms in total. The van der Waals surface area contributed by atoms with Crippen molar-refractivity contribution in [2.24, 2.45) is 0 Å². The Labute approximate surface area is 142 Å². The van der Waals surface area contributed by atoms with Crippen molar-refractivity contribution in [3.8, 4) is 0 Å². The second-order valence-electron chi connectivity index (χ2n) is 4.91. The van der Waals surface area contributed by atoms with E-state index in [0.717, 1.165) is 30.5 Å². The molecule has 22 heavy (non-hydrogen) atoms. The lowest BCUT2D eigenvalue weighted by molar-refractivity contribution is 0.116. The van der Waals surface area contributed by atoms with Crippen LogP contribution in [0.15, 0.2) is 65.7 Å². The van der Waals surface area contributed by atoms with E-state index in [0.29, 0.717) is 6.61 Å². The van der Waals surface area contributed by atoms with E-state index in [1.165, 1.54) is 5.57 Å². The number of ether oxygens (including phenoxy) is 2. The van der Waals surface area contributed by atoms with Gasteiger partial charge in [0.25, 0.3) is 0 Å². The largest absolute Gasteiger partial charge is 0.494 e. The summed E-state index contributed by atoms with van der Waals surface area (Å²) in [7, 11) is 0. The molecule has 0 amide bonds. The molecule has 1 unspecified atom stereocenters. The van der Waals surface area contributed by atoms with Crippen LogP contribution in [0.25, 0.3) is 0 Å². The smallest absolute Gasteiger partial charge is 0.114 e. The number of allylic oxidation sites excluding steroid dienone is 6. The van der Waals surface area contributed by atoms with Crippen LogP contribution in [-0.4, -0.2) is 24.6 Å². The van der Waals surface area contributed by atoms with Crippen LogP contribution in [0.3, 0.4) is 0 Å². The minimum atomic E-state index is 0.0459. The number of halogens is 1. The second-order valence-corrected chi connectivity index (χ2v) is 5.71. The molecule has 0 fully saturated rings. The molecule has 0 aromatic rings. The van der Waals surface area contributed by atoms with Gasteiger partial charge in [0, 0.05) is 5.33 Å². The Morgan fingerprint density at radius 1 is 1.45 bits per heavy atom. The van der Waals surface area contributed by atoms with Gasteiger partial charge in [0.1, 0.15) is 5.76 Å². The standard InChI is InChI=1S/C19H25BrO2/c1-3-19(21-15-9-14-20)13-12-17(2)22-16-18-10-7-5-4-6-8-11-18/h3-5,7-8,11-13,17H,9-10,14-16H2,1-2H3/b7-5-,13-12-,18-11+,19-3+. The lowest BCUT2D eigenvalue weighted by Crippen LogP contribution is -2.08. The molecule has 0 N–H and O–H groups in total. The summed E-state index contributed by atoms with van der Waals surface area (Å²) in [6, 6.07) is 0. The Bertz CT molecular complexity index is 492. The van der Waals surface area contributed by atoms with Crippen LogP contribution in [0.1, 0.15) is 26.7 Å². The highest BCUT2D eigenvalue weighted by molar-refractivity contribution is 9.09. The second kappa shape index (κ2) is 12.3. The Kier molecular flexibility index (Phi) is 10.5. The average molecular weight is 365 g/mol. The van der Waals surface area contributed by atoms with Gasteiger partial charge in [-0.2, -0.15) is 0 Å². The number of alkyl halides is 1. The van der Waals surface area contributed by atoms with Crippen molar-refractivity contribution in [1.29, 1.82) is 0 Å². The Morgan fingerprint density at radius 2 is 2.32 bits per heavy atom. The van der Waals surface area contributed by atoms with Crippen LogP contribution in [0.5, 0.6) is 0 Å². The van der Waals surface area contributed by atoms with Gasteiger partial charge in [-0.1, -0.05) is 40.2 Å². The summed E-state index contributed by atoms with van der Waals surface area (Å²) >= 11 is 3.40. The van der Waals surface area contributed by atoms with E-state index in [-0.39, 0.29) is 6.10 Å². The van der Waals surface area contributed by atoms with E-state index in [1.807, 2.05) is 50.3 Å². The van der Waals surface area contributed by atoms with Crippen molar-refractivity contribution in [3.05, 3.63) is 65.7 Å². The third-order valence-corrected chi connectivity index (χ3v) is 3.58. The molecule has 0 saturated carbocycles. The summed E-state index contributed by atoms with van der Waals surface area (Å²) in [5.41, 5.74) is 4.31. The SMILES string of the molecule is C/C=C(\C=C/C(C)OC/C1=C/C=C=C/C=C\C1)OCCCBr. The maximum atomic E-state index is 5.86. The van der Waals surface area contributed by atoms with Crippen LogP contribution in [0.2, 0.25) is 0 Å². The van der Waals surface area contributed by atoms with Gasteiger partial charge in [-0.25, -0.2) is 0 Å². The molecule has 0 bridgehead atoms. The number of rotatable bonds is 9.